The number of carbonyl (C=O) groups excluding carboxylic acids is 1. The number of H-pyrrole nitrogens is 1. The van der Waals surface area contributed by atoms with Crippen molar-refractivity contribution in [3.63, 3.8) is 0 Å². The Hall–Kier alpha value is -2.04. The van der Waals surface area contributed by atoms with Gasteiger partial charge in [-0.25, -0.2) is 9.78 Å². The van der Waals surface area contributed by atoms with Crippen molar-refractivity contribution >= 4 is 22.7 Å². The number of hydrogen-bond donors (Lipinski definition) is 2. The molecule has 3 N–H and O–H groups in total. The third kappa shape index (κ3) is 2.03. The van der Waals surface area contributed by atoms with Crippen molar-refractivity contribution in [2.24, 2.45) is 0 Å². The quantitative estimate of drug-likeness (QED) is 0.598. The number of benzene rings is 1. The highest BCUT2D eigenvalue weighted by atomic mass is 16.5. The zero-order chi connectivity index (χ0) is 13.5. The van der Waals surface area contributed by atoms with Crippen LogP contribution in [0.4, 0.5) is 5.69 Å². The summed E-state index contributed by atoms with van der Waals surface area (Å²) in [5.74, 6) is 0.382. The molecule has 0 aliphatic carbocycles. The van der Waals surface area contributed by atoms with Crippen molar-refractivity contribution in [2.45, 2.75) is 26.2 Å². The normalized spacial score (nSPS) is 11.8. The van der Waals surface area contributed by atoms with Gasteiger partial charge in [0.25, 0.3) is 0 Å². The van der Waals surface area contributed by atoms with E-state index in [-0.39, 0.29) is 5.41 Å². The van der Waals surface area contributed by atoms with E-state index in [2.05, 4.69) is 9.97 Å². The van der Waals surface area contributed by atoms with E-state index >= 15 is 0 Å². The summed E-state index contributed by atoms with van der Waals surface area (Å²) in [6.07, 6.45) is 0. The van der Waals surface area contributed by atoms with E-state index in [4.69, 9.17) is 10.5 Å². The van der Waals surface area contributed by atoms with Gasteiger partial charge in [-0.15, -0.1) is 0 Å². The predicted octanol–water partition coefficient (Wildman–Crippen LogP) is 2.23. The minimum Gasteiger partial charge on any atom is -0.465 e. The molecule has 0 saturated heterocycles. The number of nitrogen functional groups attached to an aromatic ring is 1. The number of nitrogens with zero attached hydrogens (tertiary/aromatic N) is 1. The Kier molecular flexibility index (Phi) is 2.77. The molecule has 2 aromatic rings. The van der Waals surface area contributed by atoms with Crippen LogP contribution in [0.3, 0.4) is 0 Å². The van der Waals surface area contributed by atoms with Crippen LogP contribution in [-0.4, -0.2) is 23.0 Å². The molecule has 0 atom stereocenters. The van der Waals surface area contributed by atoms with Gasteiger partial charge in [-0.2, -0.15) is 0 Å². The first-order valence-electron chi connectivity index (χ1n) is 5.71. The number of carbonyl (C=O) groups is 1. The average Bonchev–Trinajstić information content (AvgIpc) is 2.70. The lowest BCUT2D eigenvalue weighted by Gasteiger charge is -2.13. The number of anilines is 1. The summed E-state index contributed by atoms with van der Waals surface area (Å²) in [7, 11) is 1.34. The molecule has 0 bridgehead atoms. The van der Waals surface area contributed by atoms with Crippen molar-refractivity contribution in [2.75, 3.05) is 12.8 Å². The van der Waals surface area contributed by atoms with E-state index in [1.54, 1.807) is 12.1 Å². The minimum atomic E-state index is -0.431. The molecule has 0 amide bonds. The number of aromatic amines is 1. The summed E-state index contributed by atoms with van der Waals surface area (Å²) in [5.41, 5.74) is 7.90. The summed E-state index contributed by atoms with van der Waals surface area (Å²) >= 11 is 0. The third-order valence-electron chi connectivity index (χ3n) is 2.72. The molecular formula is C13H17N3O2. The number of ether oxygens (including phenoxy) is 1. The van der Waals surface area contributed by atoms with Crippen molar-refractivity contribution < 1.29 is 9.53 Å². The van der Waals surface area contributed by atoms with Gasteiger partial charge in [-0.3, -0.25) is 0 Å². The number of esters is 1. The molecule has 1 heterocycles. The van der Waals surface area contributed by atoms with Crippen LogP contribution in [0, 0.1) is 0 Å². The number of rotatable bonds is 1. The highest BCUT2D eigenvalue weighted by Gasteiger charge is 2.21. The molecule has 0 unspecified atom stereocenters. The van der Waals surface area contributed by atoms with Gasteiger partial charge in [0.2, 0.25) is 0 Å². The van der Waals surface area contributed by atoms with Crippen molar-refractivity contribution in [1.82, 2.24) is 9.97 Å². The van der Waals surface area contributed by atoms with Gasteiger partial charge in [-0.05, 0) is 12.1 Å². The van der Waals surface area contributed by atoms with Crippen LogP contribution in [0.1, 0.15) is 37.0 Å². The Morgan fingerprint density at radius 1 is 1.39 bits per heavy atom. The van der Waals surface area contributed by atoms with E-state index in [1.807, 2.05) is 20.8 Å². The zero-order valence-electron chi connectivity index (χ0n) is 11.0. The van der Waals surface area contributed by atoms with Crippen LogP contribution in [0.25, 0.3) is 11.0 Å². The van der Waals surface area contributed by atoms with E-state index in [1.165, 1.54) is 7.11 Å². The number of nitrogens with two attached hydrogens (primary N) is 1. The summed E-state index contributed by atoms with van der Waals surface area (Å²) in [6, 6.07) is 3.35. The first-order valence-corrected chi connectivity index (χ1v) is 5.71. The molecule has 0 spiro atoms. The molecule has 96 valence electrons. The van der Waals surface area contributed by atoms with Crippen LogP contribution in [0.2, 0.25) is 0 Å². The summed E-state index contributed by atoms with van der Waals surface area (Å²) in [4.78, 5) is 19.4. The number of imidazole rings is 1. The number of aromatic nitrogens is 2. The molecule has 18 heavy (non-hydrogen) atoms. The number of fused-ring (bicyclic) bond motifs is 1. The highest BCUT2D eigenvalue weighted by molar-refractivity contribution is 6.03. The third-order valence-corrected chi connectivity index (χ3v) is 2.72. The molecule has 0 aliphatic rings. The number of nitrogens with one attached hydrogen (secondary N) is 1. The van der Waals surface area contributed by atoms with Crippen molar-refractivity contribution in [1.29, 1.82) is 0 Å². The molecule has 0 saturated carbocycles. The second-order valence-electron chi connectivity index (χ2n) is 5.29. The van der Waals surface area contributed by atoms with E-state index in [9.17, 15) is 4.79 Å². The Labute approximate surface area is 105 Å². The van der Waals surface area contributed by atoms with E-state index in [0.717, 1.165) is 11.3 Å². The molecule has 1 aromatic heterocycles. The zero-order valence-corrected chi connectivity index (χ0v) is 11.0. The van der Waals surface area contributed by atoms with Crippen LogP contribution in [0.5, 0.6) is 0 Å². The van der Waals surface area contributed by atoms with Crippen LogP contribution < -0.4 is 5.73 Å². The van der Waals surface area contributed by atoms with Gasteiger partial charge < -0.3 is 15.5 Å². The highest BCUT2D eigenvalue weighted by Crippen LogP contribution is 2.26. The maximum Gasteiger partial charge on any atom is 0.340 e. The summed E-state index contributed by atoms with van der Waals surface area (Å²) in [6.45, 7) is 6.14. The smallest absolute Gasteiger partial charge is 0.340 e. The Bertz CT molecular complexity index is 608. The molecular weight excluding hydrogens is 230 g/mol. The second-order valence-corrected chi connectivity index (χ2v) is 5.29. The second kappa shape index (κ2) is 4.01. The first-order chi connectivity index (χ1) is 8.32. The molecule has 5 heteroatoms. The van der Waals surface area contributed by atoms with E-state index < -0.39 is 5.97 Å². The molecule has 5 nitrogen and oxygen atoms in total. The molecule has 0 aliphatic heterocycles. The monoisotopic (exact) mass is 247 g/mol. The van der Waals surface area contributed by atoms with E-state index in [0.29, 0.717) is 16.8 Å². The number of hydrogen-bond acceptors (Lipinski definition) is 4. The van der Waals surface area contributed by atoms with Crippen LogP contribution in [-0.2, 0) is 10.2 Å². The average molecular weight is 247 g/mol. The topological polar surface area (TPSA) is 81.0 Å². The van der Waals surface area contributed by atoms with Gasteiger partial charge in [0, 0.05) is 11.1 Å². The summed E-state index contributed by atoms with van der Waals surface area (Å²) in [5, 5.41) is 0. The van der Waals surface area contributed by atoms with Crippen LogP contribution >= 0.6 is 0 Å². The lowest BCUT2D eigenvalue weighted by atomic mass is 9.96. The van der Waals surface area contributed by atoms with Crippen molar-refractivity contribution in [3.05, 3.63) is 23.5 Å². The standard InChI is InChI=1S/C13H17N3O2/c1-13(2,3)12-15-9-6-7(14)5-8(10(9)16-12)11(17)18-4/h5-6H,14H2,1-4H3,(H,15,16). The molecule has 2 rings (SSSR count). The van der Waals surface area contributed by atoms with Gasteiger partial charge in [-0.1, -0.05) is 20.8 Å². The van der Waals surface area contributed by atoms with Gasteiger partial charge >= 0.3 is 5.97 Å². The fourth-order valence-corrected chi connectivity index (χ4v) is 1.76. The maximum atomic E-state index is 11.7. The SMILES string of the molecule is COC(=O)c1cc(N)cc2[nH]c(C(C)(C)C)nc12. The molecule has 1 aromatic carbocycles. The van der Waals surface area contributed by atoms with Crippen molar-refractivity contribution in [3.8, 4) is 0 Å². The number of methoxy groups -OCH3 is 1. The minimum absolute atomic E-state index is 0.124. The predicted molar refractivity (Wildman–Crippen MR) is 70.5 cm³/mol. The first kappa shape index (κ1) is 12.4. The lowest BCUT2D eigenvalue weighted by molar-refractivity contribution is 0.0603. The fourth-order valence-electron chi connectivity index (χ4n) is 1.76. The Balaban J connectivity index is 2.72. The Morgan fingerprint density at radius 2 is 2.06 bits per heavy atom. The molecule has 0 fully saturated rings. The maximum absolute atomic E-state index is 11.7. The fraction of sp³-hybridized carbons (Fsp3) is 0.385. The van der Waals surface area contributed by atoms with Gasteiger partial charge in [0.1, 0.15) is 11.3 Å². The van der Waals surface area contributed by atoms with Crippen LogP contribution in [0.15, 0.2) is 12.1 Å². The largest absolute Gasteiger partial charge is 0.465 e. The Morgan fingerprint density at radius 3 is 2.61 bits per heavy atom. The molecule has 0 radical (unpaired) electrons. The van der Waals surface area contributed by atoms with Gasteiger partial charge in [0.15, 0.2) is 0 Å². The summed E-state index contributed by atoms with van der Waals surface area (Å²) < 4.78 is 4.75. The van der Waals surface area contributed by atoms with Gasteiger partial charge in [0.05, 0.1) is 18.2 Å². The lowest BCUT2D eigenvalue weighted by Crippen LogP contribution is -2.13.